The second-order valence-corrected chi connectivity index (χ2v) is 3.94. The SMILES string of the molecule is FC1CCC(C2CCNC2)NC1. The molecular formula is C9H17FN2. The molecule has 12 heavy (non-hydrogen) atoms. The van der Waals surface area contributed by atoms with Crippen LogP contribution in [0.5, 0.6) is 0 Å². The van der Waals surface area contributed by atoms with E-state index in [-0.39, 0.29) is 0 Å². The molecule has 2 saturated heterocycles. The minimum Gasteiger partial charge on any atom is -0.316 e. The van der Waals surface area contributed by atoms with Gasteiger partial charge in [-0.1, -0.05) is 0 Å². The molecule has 0 bridgehead atoms. The summed E-state index contributed by atoms with van der Waals surface area (Å²) in [7, 11) is 0. The van der Waals surface area contributed by atoms with Gasteiger partial charge < -0.3 is 10.6 Å². The van der Waals surface area contributed by atoms with Crippen molar-refractivity contribution >= 4 is 0 Å². The van der Waals surface area contributed by atoms with Crippen LogP contribution >= 0.6 is 0 Å². The van der Waals surface area contributed by atoms with Crippen molar-refractivity contribution in [3.63, 3.8) is 0 Å². The van der Waals surface area contributed by atoms with Crippen LogP contribution in [0.25, 0.3) is 0 Å². The van der Waals surface area contributed by atoms with Gasteiger partial charge in [0.05, 0.1) is 0 Å². The van der Waals surface area contributed by atoms with Gasteiger partial charge in [-0.3, -0.25) is 0 Å². The van der Waals surface area contributed by atoms with Crippen LogP contribution in [0, 0.1) is 5.92 Å². The Labute approximate surface area is 72.9 Å². The quantitative estimate of drug-likeness (QED) is 0.608. The van der Waals surface area contributed by atoms with Gasteiger partial charge in [-0.15, -0.1) is 0 Å². The first kappa shape index (κ1) is 8.45. The van der Waals surface area contributed by atoms with Gasteiger partial charge in [-0.2, -0.15) is 0 Å². The highest BCUT2D eigenvalue weighted by Crippen LogP contribution is 2.21. The maximum absolute atomic E-state index is 12.8. The second kappa shape index (κ2) is 3.71. The summed E-state index contributed by atoms with van der Waals surface area (Å²) in [6.07, 6.45) is 2.44. The lowest BCUT2D eigenvalue weighted by Gasteiger charge is -2.30. The van der Waals surface area contributed by atoms with E-state index in [1.54, 1.807) is 0 Å². The van der Waals surface area contributed by atoms with Crippen LogP contribution in [0.4, 0.5) is 4.39 Å². The van der Waals surface area contributed by atoms with E-state index in [0.29, 0.717) is 12.6 Å². The average molecular weight is 172 g/mol. The Morgan fingerprint density at radius 3 is 2.58 bits per heavy atom. The number of piperidine rings is 1. The number of hydrogen-bond acceptors (Lipinski definition) is 2. The van der Waals surface area contributed by atoms with Gasteiger partial charge in [0.25, 0.3) is 0 Å². The Kier molecular flexibility index (Phi) is 2.61. The number of rotatable bonds is 1. The van der Waals surface area contributed by atoms with E-state index in [4.69, 9.17) is 0 Å². The zero-order valence-corrected chi connectivity index (χ0v) is 7.35. The first-order valence-electron chi connectivity index (χ1n) is 4.94. The topological polar surface area (TPSA) is 24.1 Å². The van der Waals surface area contributed by atoms with E-state index in [2.05, 4.69) is 10.6 Å². The van der Waals surface area contributed by atoms with Crippen LogP contribution < -0.4 is 10.6 Å². The summed E-state index contributed by atoms with van der Waals surface area (Å²) in [5.74, 6) is 0.748. The molecule has 0 aliphatic carbocycles. The summed E-state index contributed by atoms with van der Waals surface area (Å²) >= 11 is 0. The first-order valence-corrected chi connectivity index (χ1v) is 4.94. The van der Waals surface area contributed by atoms with Crippen molar-refractivity contribution < 1.29 is 4.39 Å². The molecule has 2 nitrogen and oxygen atoms in total. The van der Waals surface area contributed by atoms with Gasteiger partial charge in [-0.05, 0) is 38.3 Å². The fourth-order valence-corrected chi connectivity index (χ4v) is 2.27. The zero-order valence-electron chi connectivity index (χ0n) is 7.35. The summed E-state index contributed by atoms with van der Waals surface area (Å²) in [5.41, 5.74) is 0. The predicted octanol–water partition coefficient (Wildman–Crippen LogP) is 0.686. The molecule has 0 spiro atoms. The lowest BCUT2D eigenvalue weighted by atomic mass is 9.91. The van der Waals surface area contributed by atoms with E-state index in [1.807, 2.05) is 0 Å². The summed E-state index contributed by atoms with van der Waals surface area (Å²) < 4.78 is 12.8. The predicted molar refractivity (Wildman–Crippen MR) is 46.9 cm³/mol. The van der Waals surface area contributed by atoms with Crippen LogP contribution in [0.2, 0.25) is 0 Å². The van der Waals surface area contributed by atoms with Crippen molar-refractivity contribution in [1.82, 2.24) is 10.6 Å². The van der Waals surface area contributed by atoms with Crippen LogP contribution in [-0.4, -0.2) is 31.8 Å². The van der Waals surface area contributed by atoms with Gasteiger partial charge in [-0.25, -0.2) is 4.39 Å². The number of hydrogen-bond donors (Lipinski definition) is 2. The zero-order chi connectivity index (χ0) is 8.39. The Morgan fingerprint density at radius 1 is 1.08 bits per heavy atom. The van der Waals surface area contributed by atoms with Gasteiger partial charge >= 0.3 is 0 Å². The third-order valence-corrected chi connectivity index (χ3v) is 3.06. The molecule has 0 saturated carbocycles. The monoisotopic (exact) mass is 172 g/mol. The molecule has 0 aromatic heterocycles. The highest BCUT2D eigenvalue weighted by Gasteiger charge is 2.28. The van der Waals surface area contributed by atoms with Crippen molar-refractivity contribution in [3.05, 3.63) is 0 Å². The fraction of sp³-hybridized carbons (Fsp3) is 1.00. The molecule has 0 aromatic carbocycles. The largest absolute Gasteiger partial charge is 0.316 e. The third kappa shape index (κ3) is 1.77. The van der Waals surface area contributed by atoms with Crippen LogP contribution in [0.3, 0.4) is 0 Å². The van der Waals surface area contributed by atoms with Crippen molar-refractivity contribution in [2.75, 3.05) is 19.6 Å². The summed E-state index contributed by atoms with van der Waals surface area (Å²) in [5, 5.41) is 6.64. The Morgan fingerprint density at radius 2 is 2.00 bits per heavy atom. The van der Waals surface area contributed by atoms with Gasteiger partial charge in [0.15, 0.2) is 0 Å². The lowest BCUT2D eigenvalue weighted by Crippen LogP contribution is -2.44. The molecule has 2 N–H and O–H groups in total. The Balaban J connectivity index is 1.80. The highest BCUT2D eigenvalue weighted by atomic mass is 19.1. The molecule has 3 heteroatoms. The highest BCUT2D eigenvalue weighted by molar-refractivity contribution is 4.87. The number of nitrogens with one attached hydrogen (secondary N) is 2. The van der Waals surface area contributed by atoms with Gasteiger partial charge in [0.2, 0.25) is 0 Å². The Bertz CT molecular complexity index is 137. The Hall–Kier alpha value is -0.150. The molecule has 2 fully saturated rings. The molecule has 3 unspecified atom stereocenters. The van der Waals surface area contributed by atoms with Crippen LogP contribution in [0.1, 0.15) is 19.3 Å². The molecule has 2 rings (SSSR count). The normalized spacial score (nSPS) is 43.2. The minimum absolute atomic E-state index is 0.571. The van der Waals surface area contributed by atoms with Crippen molar-refractivity contribution in [1.29, 1.82) is 0 Å². The smallest absolute Gasteiger partial charge is 0.113 e. The molecule has 0 amide bonds. The van der Waals surface area contributed by atoms with Crippen LogP contribution in [-0.2, 0) is 0 Å². The van der Waals surface area contributed by atoms with E-state index in [9.17, 15) is 4.39 Å². The van der Waals surface area contributed by atoms with E-state index >= 15 is 0 Å². The summed E-state index contributed by atoms with van der Waals surface area (Å²) in [6, 6.07) is 0.576. The molecule has 70 valence electrons. The lowest BCUT2D eigenvalue weighted by molar-refractivity contribution is 0.203. The maximum Gasteiger partial charge on any atom is 0.113 e. The molecule has 0 radical (unpaired) electrons. The van der Waals surface area contributed by atoms with Crippen LogP contribution in [0.15, 0.2) is 0 Å². The first-order chi connectivity index (χ1) is 5.86. The molecule has 0 aromatic rings. The molecular weight excluding hydrogens is 155 g/mol. The van der Waals surface area contributed by atoms with Gasteiger partial charge in [0.1, 0.15) is 6.17 Å². The number of alkyl halides is 1. The standard InChI is InChI=1S/C9H17FN2/c10-8-1-2-9(12-6-8)7-3-4-11-5-7/h7-9,11-12H,1-6H2. The summed E-state index contributed by atoms with van der Waals surface area (Å²) in [6.45, 7) is 2.83. The summed E-state index contributed by atoms with van der Waals surface area (Å²) in [4.78, 5) is 0. The van der Waals surface area contributed by atoms with E-state index in [0.717, 1.165) is 31.8 Å². The number of halogens is 1. The average Bonchev–Trinajstić information content (AvgIpc) is 2.58. The molecule has 2 heterocycles. The van der Waals surface area contributed by atoms with Crippen molar-refractivity contribution in [2.45, 2.75) is 31.5 Å². The van der Waals surface area contributed by atoms with Gasteiger partial charge in [0, 0.05) is 12.6 Å². The van der Waals surface area contributed by atoms with Crippen molar-refractivity contribution in [3.8, 4) is 0 Å². The molecule has 2 aliphatic rings. The second-order valence-electron chi connectivity index (χ2n) is 3.94. The molecule has 3 atom stereocenters. The fourth-order valence-electron chi connectivity index (χ4n) is 2.27. The minimum atomic E-state index is -0.601. The van der Waals surface area contributed by atoms with E-state index in [1.165, 1.54) is 6.42 Å². The third-order valence-electron chi connectivity index (χ3n) is 3.06. The van der Waals surface area contributed by atoms with Crippen molar-refractivity contribution in [2.24, 2.45) is 5.92 Å². The van der Waals surface area contributed by atoms with E-state index < -0.39 is 6.17 Å². The maximum atomic E-state index is 12.8. The molecule has 2 aliphatic heterocycles.